The van der Waals surface area contributed by atoms with E-state index < -0.39 is 6.04 Å². The van der Waals surface area contributed by atoms with Gasteiger partial charge in [-0.15, -0.1) is 0 Å². The fourth-order valence-corrected chi connectivity index (χ4v) is 1.87. The Morgan fingerprint density at radius 1 is 1.28 bits per heavy atom. The molecular formula is C14H31N3O. The van der Waals surface area contributed by atoms with Crippen LogP contribution >= 0.6 is 0 Å². The third-order valence-electron chi connectivity index (χ3n) is 3.55. The molecule has 108 valence electrons. The quantitative estimate of drug-likeness (QED) is 0.692. The highest BCUT2D eigenvalue weighted by molar-refractivity contribution is 5.81. The number of amides is 1. The van der Waals surface area contributed by atoms with E-state index in [4.69, 9.17) is 5.73 Å². The van der Waals surface area contributed by atoms with Crippen molar-refractivity contribution in [1.82, 2.24) is 10.2 Å². The minimum Gasteiger partial charge on any atom is -0.353 e. The molecule has 4 nitrogen and oxygen atoms in total. The zero-order chi connectivity index (χ0) is 14.3. The molecule has 0 saturated heterocycles. The molecule has 1 unspecified atom stereocenters. The number of rotatable bonds is 8. The smallest absolute Gasteiger partial charge is 0.237 e. The summed E-state index contributed by atoms with van der Waals surface area (Å²) in [7, 11) is 4.10. The summed E-state index contributed by atoms with van der Waals surface area (Å²) in [5.74, 6) is 0.824. The highest BCUT2D eigenvalue weighted by Crippen LogP contribution is 2.09. The van der Waals surface area contributed by atoms with E-state index in [2.05, 4.69) is 31.0 Å². The Hall–Kier alpha value is -0.610. The van der Waals surface area contributed by atoms with Crippen LogP contribution in [0.5, 0.6) is 0 Å². The van der Waals surface area contributed by atoms with Crippen LogP contribution in [0.3, 0.4) is 0 Å². The number of nitrogens with one attached hydrogen (secondary N) is 1. The average molecular weight is 257 g/mol. The van der Waals surface area contributed by atoms with Crippen LogP contribution in [0.1, 0.15) is 40.5 Å². The largest absolute Gasteiger partial charge is 0.353 e. The molecule has 0 aliphatic carbocycles. The lowest BCUT2D eigenvalue weighted by molar-refractivity contribution is -0.123. The lowest BCUT2D eigenvalue weighted by Crippen LogP contribution is -2.49. The van der Waals surface area contributed by atoms with E-state index in [0.29, 0.717) is 18.5 Å². The van der Waals surface area contributed by atoms with Gasteiger partial charge in [0, 0.05) is 12.6 Å². The minimum atomic E-state index is -0.392. The van der Waals surface area contributed by atoms with Crippen LogP contribution < -0.4 is 11.1 Å². The lowest BCUT2D eigenvalue weighted by Gasteiger charge is -2.27. The highest BCUT2D eigenvalue weighted by Gasteiger charge is 2.21. The summed E-state index contributed by atoms with van der Waals surface area (Å²) < 4.78 is 0. The van der Waals surface area contributed by atoms with Gasteiger partial charge >= 0.3 is 0 Å². The van der Waals surface area contributed by atoms with Gasteiger partial charge in [-0.2, -0.15) is 0 Å². The number of nitrogens with zero attached hydrogens (tertiary/aromatic N) is 1. The van der Waals surface area contributed by atoms with E-state index in [-0.39, 0.29) is 11.8 Å². The second-order valence-corrected chi connectivity index (χ2v) is 5.90. The molecule has 0 heterocycles. The Balaban J connectivity index is 4.22. The number of carbonyl (C=O) groups is 1. The van der Waals surface area contributed by atoms with E-state index in [9.17, 15) is 4.79 Å². The van der Waals surface area contributed by atoms with Gasteiger partial charge in [-0.1, -0.05) is 34.1 Å². The maximum Gasteiger partial charge on any atom is 0.237 e. The zero-order valence-corrected chi connectivity index (χ0v) is 12.9. The Bertz CT molecular complexity index is 241. The molecule has 3 atom stereocenters. The molecule has 0 aliphatic heterocycles. The summed E-state index contributed by atoms with van der Waals surface area (Å²) in [6, 6.07) is -0.0186. The third-order valence-corrected chi connectivity index (χ3v) is 3.55. The van der Waals surface area contributed by atoms with Gasteiger partial charge in [0.05, 0.1) is 6.04 Å². The number of hydrogen-bond acceptors (Lipinski definition) is 3. The molecule has 0 spiro atoms. The van der Waals surface area contributed by atoms with E-state index in [1.165, 1.54) is 0 Å². The number of hydrogen-bond donors (Lipinski definition) is 2. The Morgan fingerprint density at radius 3 is 2.22 bits per heavy atom. The Kier molecular flexibility index (Phi) is 8.20. The molecule has 0 aliphatic rings. The van der Waals surface area contributed by atoms with Crippen molar-refractivity contribution < 1.29 is 4.79 Å². The standard InChI is InChI=1S/C14H31N3O/c1-7-11(4)13(15)14(18)16-9-12(17(5)6)8-10(2)3/h10-13H,7-9,15H2,1-6H3,(H,16,18)/t11-,12?,13-/m0/s1. The molecule has 0 radical (unpaired) electrons. The fourth-order valence-electron chi connectivity index (χ4n) is 1.87. The predicted octanol–water partition coefficient (Wildman–Crippen LogP) is 1.45. The first kappa shape index (κ1) is 17.4. The molecule has 0 rings (SSSR count). The second kappa shape index (κ2) is 8.48. The molecule has 0 saturated carbocycles. The van der Waals surface area contributed by atoms with Crippen molar-refractivity contribution in [2.24, 2.45) is 17.6 Å². The van der Waals surface area contributed by atoms with Crippen molar-refractivity contribution in [3.63, 3.8) is 0 Å². The first-order valence-electron chi connectivity index (χ1n) is 6.99. The van der Waals surface area contributed by atoms with Crippen molar-refractivity contribution in [2.75, 3.05) is 20.6 Å². The van der Waals surface area contributed by atoms with Gasteiger partial charge in [-0.25, -0.2) is 0 Å². The van der Waals surface area contributed by atoms with E-state index in [0.717, 1.165) is 12.8 Å². The van der Waals surface area contributed by atoms with Crippen molar-refractivity contribution in [3.8, 4) is 0 Å². The summed E-state index contributed by atoms with van der Waals surface area (Å²) in [5.41, 5.74) is 5.91. The normalized spacial score (nSPS) is 16.7. The first-order valence-corrected chi connectivity index (χ1v) is 6.99. The Morgan fingerprint density at radius 2 is 1.83 bits per heavy atom. The molecule has 3 N–H and O–H groups in total. The van der Waals surface area contributed by atoms with Crippen molar-refractivity contribution >= 4 is 5.91 Å². The van der Waals surface area contributed by atoms with E-state index >= 15 is 0 Å². The third kappa shape index (κ3) is 6.36. The molecule has 0 aromatic heterocycles. The van der Waals surface area contributed by atoms with Gasteiger partial charge < -0.3 is 16.0 Å². The maximum atomic E-state index is 11.9. The van der Waals surface area contributed by atoms with Gasteiger partial charge in [-0.3, -0.25) is 4.79 Å². The second-order valence-electron chi connectivity index (χ2n) is 5.90. The molecule has 0 aromatic rings. The van der Waals surface area contributed by atoms with Crippen molar-refractivity contribution in [3.05, 3.63) is 0 Å². The lowest BCUT2D eigenvalue weighted by atomic mass is 9.99. The summed E-state index contributed by atoms with van der Waals surface area (Å²) in [4.78, 5) is 14.1. The van der Waals surface area contributed by atoms with Gasteiger partial charge in [0.1, 0.15) is 0 Å². The fraction of sp³-hybridized carbons (Fsp3) is 0.929. The predicted molar refractivity (Wildman–Crippen MR) is 77.4 cm³/mol. The molecular weight excluding hydrogens is 226 g/mol. The number of likely N-dealkylation sites (N-methyl/N-ethyl adjacent to an activating group) is 1. The van der Waals surface area contributed by atoms with Crippen LogP contribution in [0.15, 0.2) is 0 Å². The molecule has 0 fully saturated rings. The van der Waals surface area contributed by atoms with Crippen LogP contribution in [0.25, 0.3) is 0 Å². The SMILES string of the molecule is CC[C@H](C)[C@H](N)C(=O)NCC(CC(C)C)N(C)C. The van der Waals surface area contributed by atoms with Crippen LogP contribution in [-0.2, 0) is 4.79 Å². The Labute approximate surface area is 112 Å². The van der Waals surface area contributed by atoms with Crippen molar-refractivity contribution in [1.29, 1.82) is 0 Å². The van der Waals surface area contributed by atoms with Crippen LogP contribution in [0.4, 0.5) is 0 Å². The van der Waals surface area contributed by atoms with Gasteiger partial charge in [0.15, 0.2) is 0 Å². The molecule has 0 aromatic carbocycles. The van der Waals surface area contributed by atoms with Crippen LogP contribution in [0, 0.1) is 11.8 Å². The monoisotopic (exact) mass is 257 g/mol. The van der Waals surface area contributed by atoms with Crippen molar-refractivity contribution in [2.45, 2.75) is 52.6 Å². The van der Waals surface area contributed by atoms with Crippen LogP contribution in [0.2, 0.25) is 0 Å². The topological polar surface area (TPSA) is 58.4 Å². The summed E-state index contributed by atoms with van der Waals surface area (Å²) in [6.07, 6.45) is 2.00. The zero-order valence-electron chi connectivity index (χ0n) is 12.9. The average Bonchev–Trinajstić information content (AvgIpc) is 2.31. The minimum absolute atomic E-state index is 0.0278. The molecule has 18 heavy (non-hydrogen) atoms. The summed E-state index contributed by atoms with van der Waals surface area (Å²) >= 11 is 0. The van der Waals surface area contributed by atoms with E-state index in [1.54, 1.807) is 0 Å². The first-order chi connectivity index (χ1) is 8.29. The van der Waals surface area contributed by atoms with Gasteiger partial charge in [0.25, 0.3) is 0 Å². The maximum absolute atomic E-state index is 11.9. The summed E-state index contributed by atoms with van der Waals surface area (Å²) in [5, 5.41) is 2.98. The molecule has 0 bridgehead atoms. The van der Waals surface area contributed by atoms with E-state index in [1.807, 2.05) is 21.0 Å². The molecule has 4 heteroatoms. The number of carbonyl (C=O) groups excluding carboxylic acids is 1. The van der Waals surface area contributed by atoms with Gasteiger partial charge in [0.2, 0.25) is 5.91 Å². The highest BCUT2D eigenvalue weighted by atomic mass is 16.2. The van der Waals surface area contributed by atoms with Crippen LogP contribution in [-0.4, -0.2) is 43.5 Å². The van der Waals surface area contributed by atoms with Gasteiger partial charge in [-0.05, 0) is 32.4 Å². The number of nitrogens with two attached hydrogens (primary N) is 1. The summed E-state index contributed by atoms with van der Waals surface area (Å²) in [6.45, 7) is 9.14. The molecule has 1 amide bonds.